The van der Waals surface area contributed by atoms with Crippen molar-refractivity contribution in [1.29, 1.82) is 5.26 Å². The van der Waals surface area contributed by atoms with Crippen LogP contribution in [0.15, 0.2) is 29.2 Å². The Balaban J connectivity index is 2.15. The summed E-state index contributed by atoms with van der Waals surface area (Å²) in [6.45, 7) is 0. The van der Waals surface area contributed by atoms with Crippen molar-refractivity contribution in [3.05, 3.63) is 29.3 Å². The summed E-state index contributed by atoms with van der Waals surface area (Å²) in [6, 6.07) is 9.56. The number of halogens is 1. The first kappa shape index (κ1) is 10.5. The molecule has 0 bridgehead atoms. The molecule has 0 atom stereocenters. The summed E-state index contributed by atoms with van der Waals surface area (Å²) in [7, 11) is 0. The quantitative estimate of drug-likeness (QED) is 0.794. The third kappa shape index (κ3) is 2.17. The first-order chi connectivity index (χ1) is 7.13. The Labute approximate surface area is 97.2 Å². The molecular formula is C11H8ClNOS. The van der Waals surface area contributed by atoms with Gasteiger partial charge in [0.15, 0.2) is 0 Å². The second kappa shape index (κ2) is 3.88. The Hall–Kier alpha value is -0.980. The van der Waals surface area contributed by atoms with Gasteiger partial charge in [-0.05, 0) is 18.2 Å². The normalized spacial score (nSPS) is 18.0. The molecule has 0 heterocycles. The Morgan fingerprint density at radius 2 is 2.20 bits per heavy atom. The summed E-state index contributed by atoms with van der Waals surface area (Å²) in [5.74, 6) is 0.158. The molecule has 1 aromatic rings. The number of rotatable bonds is 2. The monoisotopic (exact) mass is 237 g/mol. The van der Waals surface area contributed by atoms with Crippen molar-refractivity contribution in [1.82, 2.24) is 0 Å². The van der Waals surface area contributed by atoms with E-state index in [0.29, 0.717) is 17.9 Å². The van der Waals surface area contributed by atoms with E-state index >= 15 is 0 Å². The highest BCUT2D eigenvalue weighted by atomic mass is 35.5. The third-order valence-corrected chi connectivity index (χ3v) is 3.77. The molecule has 0 N–H and O–H groups in total. The molecule has 0 aromatic heterocycles. The van der Waals surface area contributed by atoms with Crippen molar-refractivity contribution >= 4 is 29.1 Å². The molecule has 0 radical (unpaired) electrons. The van der Waals surface area contributed by atoms with Crippen LogP contribution < -0.4 is 0 Å². The molecule has 76 valence electrons. The number of nitrogens with zero attached hydrogens (tertiary/aromatic N) is 1. The maximum atomic E-state index is 10.9. The van der Waals surface area contributed by atoms with Crippen molar-refractivity contribution in [2.24, 2.45) is 0 Å². The Kier molecular flexibility index (Phi) is 2.72. The topological polar surface area (TPSA) is 40.9 Å². The molecule has 1 aliphatic carbocycles. The van der Waals surface area contributed by atoms with E-state index < -0.39 is 4.75 Å². The minimum absolute atomic E-state index is 0.158. The van der Waals surface area contributed by atoms with Gasteiger partial charge < -0.3 is 0 Å². The van der Waals surface area contributed by atoms with Crippen molar-refractivity contribution < 1.29 is 4.79 Å². The number of thioether (sulfide) groups is 1. The van der Waals surface area contributed by atoms with Crippen LogP contribution in [-0.2, 0) is 4.79 Å². The lowest BCUT2D eigenvalue weighted by Gasteiger charge is -2.32. The van der Waals surface area contributed by atoms with Crippen LogP contribution in [0.4, 0.5) is 0 Å². The predicted molar refractivity (Wildman–Crippen MR) is 59.9 cm³/mol. The standard InChI is InChI=1S/C11H8ClNOS/c12-8-2-1-3-10(4-8)15-11(7-13)5-9(14)6-11/h1-4H,5-6H2. The number of nitriles is 1. The number of benzene rings is 1. The summed E-state index contributed by atoms with van der Waals surface area (Å²) in [4.78, 5) is 11.9. The second-order valence-electron chi connectivity index (χ2n) is 3.56. The fourth-order valence-corrected chi connectivity index (χ4v) is 3.07. The van der Waals surface area contributed by atoms with Gasteiger partial charge in [0.1, 0.15) is 10.5 Å². The zero-order valence-electron chi connectivity index (χ0n) is 7.87. The molecule has 0 unspecified atom stereocenters. The average Bonchev–Trinajstić information content (AvgIpc) is 2.15. The summed E-state index contributed by atoms with van der Waals surface area (Å²) in [6.07, 6.45) is 0.696. The van der Waals surface area contributed by atoms with Crippen molar-refractivity contribution in [2.75, 3.05) is 0 Å². The van der Waals surface area contributed by atoms with Gasteiger partial charge in [0.2, 0.25) is 0 Å². The Morgan fingerprint density at radius 1 is 1.47 bits per heavy atom. The molecule has 15 heavy (non-hydrogen) atoms. The van der Waals surface area contributed by atoms with Crippen LogP contribution in [0.5, 0.6) is 0 Å². The van der Waals surface area contributed by atoms with Gasteiger partial charge in [-0.25, -0.2) is 0 Å². The zero-order valence-corrected chi connectivity index (χ0v) is 9.44. The molecule has 2 nitrogen and oxygen atoms in total. The highest BCUT2D eigenvalue weighted by molar-refractivity contribution is 8.01. The largest absolute Gasteiger partial charge is 0.300 e. The Morgan fingerprint density at radius 3 is 2.73 bits per heavy atom. The van der Waals surface area contributed by atoms with Gasteiger partial charge in [0.25, 0.3) is 0 Å². The molecule has 0 amide bonds. The van der Waals surface area contributed by atoms with E-state index in [9.17, 15) is 4.79 Å². The lowest BCUT2D eigenvalue weighted by atomic mass is 9.84. The molecule has 0 saturated heterocycles. The van der Waals surface area contributed by atoms with Crippen LogP contribution >= 0.6 is 23.4 Å². The van der Waals surface area contributed by atoms with Crippen LogP contribution in [0.25, 0.3) is 0 Å². The van der Waals surface area contributed by atoms with Gasteiger partial charge >= 0.3 is 0 Å². The van der Waals surface area contributed by atoms with E-state index in [1.165, 1.54) is 11.8 Å². The van der Waals surface area contributed by atoms with Gasteiger partial charge in [0, 0.05) is 22.8 Å². The van der Waals surface area contributed by atoms with E-state index in [-0.39, 0.29) is 5.78 Å². The molecular weight excluding hydrogens is 230 g/mol. The zero-order chi connectivity index (χ0) is 10.9. The SMILES string of the molecule is N#CC1(Sc2cccc(Cl)c2)CC(=O)C1. The lowest BCUT2D eigenvalue weighted by Crippen LogP contribution is -2.39. The first-order valence-corrected chi connectivity index (χ1v) is 5.71. The molecule has 4 heteroatoms. The molecule has 1 fully saturated rings. The number of hydrogen-bond donors (Lipinski definition) is 0. The van der Waals surface area contributed by atoms with E-state index in [1.807, 2.05) is 18.2 Å². The number of ketones is 1. The van der Waals surface area contributed by atoms with Crippen LogP contribution in [0.2, 0.25) is 5.02 Å². The average molecular weight is 238 g/mol. The van der Waals surface area contributed by atoms with Gasteiger partial charge in [-0.15, -0.1) is 11.8 Å². The van der Waals surface area contributed by atoms with E-state index in [2.05, 4.69) is 6.07 Å². The molecule has 1 aromatic carbocycles. The van der Waals surface area contributed by atoms with Gasteiger partial charge in [-0.1, -0.05) is 17.7 Å². The van der Waals surface area contributed by atoms with Crippen LogP contribution in [0.1, 0.15) is 12.8 Å². The maximum absolute atomic E-state index is 10.9. The maximum Gasteiger partial charge on any atom is 0.137 e. The van der Waals surface area contributed by atoms with E-state index in [0.717, 1.165) is 4.90 Å². The highest BCUT2D eigenvalue weighted by Gasteiger charge is 2.45. The molecule has 0 aliphatic heterocycles. The minimum Gasteiger partial charge on any atom is -0.300 e. The smallest absolute Gasteiger partial charge is 0.137 e. The highest BCUT2D eigenvalue weighted by Crippen LogP contribution is 2.45. The van der Waals surface area contributed by atoms with Gasteiger partial charge in [-0.2, -0.15) is 5.26 Å². The summed E-state index contributed by atoms with van der Waals surface area (Å²) >= 11 is 7.27. The Bertz CT molecular complexity index is 444. The van der Waals surface area contributed by atoms with Crippen molar-refractivity contribution in [3.8, 4) is 6.07 Å². The predicted octanol–water partition coefficient (Wildman–Crippen LogP) is 3.06. The molecule has 1 saturated carbocycles. The fourth-order valence-electron chi connectivity index (χ4n) is 1.52. The third-order valence-electron chi connectivity index (χ3n) is 2.28. The first-order valence-electron chi connectivity index (χ1n) is 4.51. The minimum atomic E-state index is -0.554. The van der Waals surface area contributed by atoms with Crippen molar-refractivity contribution in [2.45, 2.75) is 22.5 Å². The number of Topliss-reactive ketones (excluding diaryl/α,β-unsaturated/α-hetero) is 1. The van der Waals surface area contributed by atoms with Crippen LogP contribution in [0, 0.1) is 11.3 Å². The van der Waals surface area contributed by atoms with Crippen LogP contribution in [-0.4, -0.2) is 10.5 Å². The summed E-state index contributed by atoms with van der Waals surface area (Å²) in [5.41, 5.74) is 0. The fraction of sp³-hybridized carbons (Fsp3) is 0.273. The number of carbonyl (C=O) groups is 1. The summed E-state index contributed by atoms with van der Waals surface area (Å²) in [5, 5.41) is 9.68. The molecule has 2 rings (SSSR count). The van der Waals surface area contributed by atoms with E-state index in [4.69, 9.17) is 16.9 Å². The lowest BCUT2D eigenvalue weighted by molar-refractivity contribution is -0.124. The summed E-state index contributed by atoms with van der Waals surface area (Å²) < 4.78 is -0.554. The van der Waals surface area contributed by atoms with E-state index in [1.54, 1.807) is 6.07 Å². The van der Waals surface area contributed by atoms with Crippen molar-refractivity contribution in [3.63, 3.8) is 0 Å². The number of hydrogen-bond acceptors (Lipinski definition) is 3. The molecule has 1 aliphatic rings. The second-order valence-corrected chi connectivity index (χ2v) is 5.45. The van der Waals surface area contributed by atoms with Crippen LogP contribution in [0.3, 0.4) is 0 Å². The molecule has 0 spiro atoms. The van der Waals surface area contributed by atoms with Gasteiger partial charge in [-0.3, -0.25) is 4.79 Å². The number of carbonyl (C=O) groups excluding carboxylic acids is 1. The van der Waals surface area contributed by atoms with Gasteiger partial charge in [0.05, 0.1) is 6.07 Å².